The number of amides is 1. The number of hydrogen-bond acceptors (Lipinski definition) is 3. The standard InChI is InChI=1S/C20H17NOS2/c1-14(12-16-9-4-3-5-10-16)13-18-19(22)21(20(23)24-18)17-11-7-6-8-15(17)2/h3-13H,1-2H3. The van der Waals surface area contributed by atoms with Crippen molar-refractivity contribution in [1.82, 2.24) is 0 Å². The van der Waals surface area contributed by atoms with Gasteiger partial charge in [-0.3, -0.25) is 9.69 Å². The Kier molecular flexibility index (Phi) is 4.97. The van der Waals surface area contributed by atoms with Gasteiger partial charge >= 0.3 is 0 Å². The zero-order valence-electron chi connectivity index (χ0n) is 13.5. The molecule has 2 aromatic rings. The fourth-order valence-corrected chi connectivity index (χ4v) is 3.89. The number of thioether (sulfide) groups is 1. The van der Waals surface area contributed by atoms with E-state index in [2.05, 4.69) is 6.08 Å². The zero-order valence-corrected chi connectivity index (χ0v) is 15.2. The molecule has 0 aromatic heterocycles. The summed E-state index contributed by atoms with van der Waals surface area (Å²) < 4.78 is 0.577. The van der Waals surface area contributed by atoms with Gasteiger partial charge < -0.3 is 0 Å². The van der Waals surface area contributed by atoms with Crippen LogP contribution < -0.4 is 4.90 Å². The van der Waals surface area contributed by atoms with Crippen molar-refractivity contribution < 1.29 is 4.79 Å². The van der Waals surface area contributed by atoms with E-state index in [4.69, 9.17) is 12.2 Å². The molecule has 0 unspecified atom stereocenters. The second-order valence-corrected chi connectivity index (χ2v) is 7.28. The molecular weight excluding hydrogens is 334 g/mol. The minimum Gasteiger partial charge on any atom is -0.268 e. The number of anilines is 1. The van der Waals surface area contributed by atoms with Crippen molar-refractivity contribution >= 4 is 46.0 Å². The van der Waals surface area contributed by atoms with Gasteiger partial charge in [0.2, 0.25) is 0 Å². The molecule has 1 aliphatic rings. The minimum absolute atomic E-state index is 0.0555. The maximum absolute atomic E-state index is 12.8. The molecule has 120 valence electrons. The van der Waals surface area contributed by atoms with Crippen molar-refractivity contribution in [2.45, 2.75) is 13.8 Å². The van der Waals surface area contributed by atoms with E-state index >= 15 is 0 Å². The van der Waals surface area contributed by atoms with Gasteiger partial charge in [0.15, 0.2) is 4.32 Å². The van der Waals surface area contributed by atoms with Crippen LogP contribution in [0.2, 0.25) is 0 Å². The molecular formula is C20H17NOS2. The number of benzene rings is 2. The van der Waals surface area contributed by atoms with Gasteiger partial charge in [0.1, 0.15) is 0 Å². The summed E-state index contributed by atoms with van der Waals surface area (Å²) in [4.78, 5) is 15.1. The molecule has 24 heavy (non-hydrogen) atoms. The van der Waals surface area contributed by atoms with Gasteiger partial charge in [0.25, 0.3) is 5.91 Å². The average Bonchev–Trinajstić information content (AvgIpc) is 2.83. The fourth-order valence-electron chi connectivity index (χ4n) is 2.55. The third-order valence-corrected chi connectivity index (χ3v) is 5.00. The SMILES string of the molecule is CC(=Cc1ccccc1)C=C1SC(=S)N(c2ccccc2C)C1=O. The second-order valence-electron chi connectivity index (χ2n) is 5.60. The molecule has 1 amide bonds. The Balaban J connectivity index is 1.89. The Bertz CT molecular complexity index is 853. The zero-order chi connectivity index (χ0) is 17.1. The second kappa shape index (κ2) is 7.16. The smallest absolute Gasteiger partial charge is 0.268 e. The molecule has 1 aliphatic heterocycles. The molecule has 1 saturated heterocycles. The molecule has 4 heteroatoms. The van der Waals surface area contributed by atoms with Crippen LogP contribution in [-0.4, -0.2) is 10.2 Å². The normalized spacial score (nSPS) is 17.0. The molecule has 0 aliphatic carbocycles. The summed E-state index contributed by atoms with van der Waals surface area (Å²) in [6.07, 6.45) is 3.96. The number of rotatable bonds is 3. The summed E-state index contributed by atoms with van der Waals surface area (Å²) in [5.41, 5.74) is 4.02. The van der Waals surface area contributed by atoms with Crippen LogP contribution in [0.4, 0.5) is 5.69 Å². The first-order valence-corrected chi connectivity index (χ1v) is 8.85. The van der Waals surface area contributed by atoms with Crippen LogP contribution >= 0.6 is 24.0 Å². The predicted octanol–water partition coefficient (Wildman–Crippen LogP) is 5.35. The van der Waals surface area contributed by atoms with Crippen LogP contribution in [0.5, 0.6) is 0 Å². The van der Waals surface area contributed by atoms with E-state index in [-0.39, 0.29) is 5.91 Å². The first kappa shape index (κ1) is 16.7. The van der Waals surface area contributed by atoms with Crippen molar-refractivity contribution in [3.05, 3.63) is 82.3 Å². The van der Waals surface area contributed by atoms with E-state index in [1.54, 1.807) is 4.90 Å². The Morgan fingerprint density at radius 3 is 2.46 bits per heavy atom. The summed E-state index contributed by atoms with van der Waals surface area (Å²) in [5, 5.41) is 0. The number of hydrogen-bond donors (Lipinski definition) is 0. The lowest BCUT2D eigenvalue weighted by molar-refractivity contribution is -0.113. The minimum atomic E-state index is -0.0555. The average molecular weight is 351 g/mol. The molecule has 0 bridgehead atoms. The highest BCUT2D eigenvalue weighted by Gasteiger charge is 2.33. The van der Waals surface area contributed by atoms with E-state index in [0.29, 0.717) is 9.23 Å². The fraction of sp³-hybridized carbons (Fsp3) is 0.100. The molecule has 0 saturated carbocycles. The molecule has 0 spiro atoms. The lowest BCUT2D eigenvalue weighted by Gasteiger charge is -2.16. The molecule has 0 atom stereocenters. The maximum atomic E-state index is 12.8. The van der Waals surface area contributed by atoms with Crippen LogP contribution in [0.15, 0.2) is 71.2 Å². The van der Waals surface area contributed by atoms with E-state index in [9.17, 15) is 4.79 Å². The summed E-state index contributed by atoms with van der Waals surface area (Å²) in [6, 6.07) is 17.8. The van der Waals surface area contributed by atoms with Gasteiger partial charge in [-0.1, -0.05) is 78.6 Å². The van der Waals surface area contributed by atoms with E-state index in [0.717, 1.165) is 22.4 Å². The highest BCUT2D eigenvalue weighted by atomic mass is 32.2. The molecule has 0 radical (unpaired) electrons. The largest absolute Gasteiger partial charge is 0.270 e. The summed E-state index contributed by atoms with van der Waals surface area (Å²) in [5.74, 6) is -0.0555. The van der Waals surface area contributed by atoms with E-state index in [1.165, 1.54) is 11.8 Å². The van der Waals surface area contributed by atoms with Crippen molar-refractivity contribution in [3.8, 4) is 0 Å². The van der Waals surface area contributed by atoms with E-state index in [1.807, 2.05) is 74.5 Å². The molecule has 3 rings (SSSR count). The number of thiocarbonyl (C=S) groups is 1. The third-order valence-electron chi connectivity index (χ3n) is 3.70. The first-order valence-electron chi connectivity index (χ1n) is 7.63. The Morgan fingerprint density at radius 1 is 1.08 bits per heavy atom. The Hall–Kier alpha value is -2.17. The summed E-state index contributed by atoms with van der Waals surface area (Å²) >= 11 is 6.78. The van der Waals surface area contributed by atoms with Crippen molar-refractivity contribution in [2.24, 2.45) is 0 Å². The van der Waals surface area contributed by atoms with Gasteiger partial charge in [-0.05, 0) is 42.7 Å². The maximum Gasteiger partial charge on any atom is 0.270 e. The first-order chi connectivity index (χ1) is 11.6. The number of carbonyl (C=O) groups excluding carboxylic acids is 1. The Morgan fingerprint density at radius 2 is 1.75 bits per heavy atom. The van der Waals surface area contributed by atoms with E-state index < -0.39 is 0 Å². The molecule has 2 aromatic carbocycles. The van der Waals surface area contributed by atoms with Gasteiger partial charge in [-0.25, -0.2) is 0 Å². The monoisotopic (exact) mass is 351 g/mol. The topological polar surface area (TPSA) is 20.3 Å². The van der Waals surface area contributed by atoms with Crippen molar-refractivity contribution in [3.63, 3.8) is 0 Å². The number of nitrogens with zero attached hydrogens (tertiary/aromatic N) is 1. The highest BCUT2D eigenvalue weighted by Crippen LogP contribution is 2.36. The highest BCUT2D eigenvalue weighted by molar-refractivity contribution is 8.27. The number of aryl methyl sites for hydroxylation is 1. The van der Waals surface area contributed by atoms with Crippen LogP contribution in [0.25, 0.3) is 6.08 Å². The molecule has 1 fully saturated rings. The predicted molar refractivity (Wildman–Crippen MR) is 107 cm³/mol. The van der Waals surface area contributed by atoms with Gasteiger partial charge in [-0.15, -0.1) is 0 Å². The van der Waals surface area contributed by atoms with Crippen LogP contribution in [-0.2, 0) is 4.79 Å². The van der Waals surface area contributed by atoms with Crippen LogP contribution in [0.3, 0.4) is 0 Å². The van der Waals surface area contributed by atoms with Crippen molar-refractivity contribution in [2.75, 3.05) is 4.90 Å². The lowest BCUT2D eigenvalue weighted by Crippen LogP contribution is -2.28. The van der Waals surface area contributed by atoms with Gasteiger partial charge in [0, 0.05) is 0 Å². The molecule has 2 nitrogen and oxygen atoms in total. The summed E-state index contributed by atoms with van der Waals surface area (Å²) in [6.45, 7) is 3.98. The number of para-hydroxylation sites is 1. The lowest BCUT2D eigenvalue weighted by atomic mass is 10.1. The van der Waals surface area contributed by atoms with Gasteiger partial charge in [0.05, 0.1) is 10.6 Å². The van der Waals surface area contributed by atoms with Gasteiger partial charge in [-0.2, -0.15) is 0 Å². The molecule has 0 N–H and O–H groups in total. The van der Waals surface area contributed by atoms with Crippen molar-refractivity contribution in [1.29, 1.82) is 0 Å². The molecule has 1 heterocycles. The summed E-state index contributed by atoms with van der Waals surface area (Å²) in [7, 11) is 0. The third kappa shape index (κ3) is 3.50. The quantitative estimate of drug-likeness (QED) is 0.549. The number of carbonyl (C=O) groups is 1. The van der Waals surface area contributed by atoms with Crippen LogP contribution in [0.1, 0.15) is 18.1 Å². The number of allylic oxidation sites excluding steroid dienone is 2. The van der Waals surface area contributed by atoms with Crippen LogP contribution in [0, 0.1) is 6.92 Å². The Labute approximate surface area is 151 Å².